The molecule has 2 amide bonds. The number of amides is 2. The largest absolute Gasteiger partial charge is 0.508 e. The number of nitrogens with one attached hydrogen (secondary N) is 1. The van der Waals surface area contributed by atoms with Crippen molar-refractivity contribution in [2.45, 2.75) is 24.5 Å². The van der Waals surface area contributed by atoms with Crippen LogP contribution in [0.3, 0.4) is 0 Å². The zero-order chi connectivity index (χ0) is 29.8. The lowest BCUT2D eigenvalue weighted by Crippen LogP contribution is -2.65. The molecule has 4 atom stereocenters. The van der Waals surface area contributed by atoms with Crippen LogP contribution in [0.4, 0.5) is 16.2 Å². The second-order valence-electron chi connectivity index (χ2n) is 10.4. The summed E-state index contributed by atoms with van der Waals surface area (Å²) in [6.45, 7) is -0.329. The number of aliphatic hydroxyl groups is 3. The van der Waals surface area contributed by atoms with Gasteiger partial charge in [-0.1, -0.05) is 5.92 Å². The number of carbonyl (C=O) groups excluding carboxylic acids is 4. The molecule has 212 valence electrons. The highest BCUT2D eigenvalue weighted by Crippen LogP contribution is 2.54. The highest BCUT2D eigenvalue weighted by molar-refractivity contribution is 6.24. The van der Waals surface area contributed by atoms with Gasteiger partial charge in [0.15, 0.2) is 23.7 Å². The van der Waals surface area contributed by atoms with Gasteiger partial charge in [-0.3, -0.25) is 24.6 Å². The van der Waals surface area contributed by atoms with Crippen molar-refractivity contribution in [3.8, 4) is 18.1 Å². The molecule has 0 bridgehead atoms. The predicted octanol–water partition coefficient (Wildman–Crippen LogP) is 0.212. The molecule has 0 aromatic heterocycles. The average molecular weight is 555 g/mol. The van der Waals surface area contributed by atoms with E-state index in [-0.39, 0.29) is 36.3 Å². The predicted molar refractivity (Wildman–Crippen MR) is 142 cm³/mol. The standard InChI is InChI=1S/C27H30N4O9/c1-6-7-40-26(38)29-14-10-15(30(2)3)12-8-11-9-13-19(31(4)5)22(34)18(25(28)37)24(36)27(13,39)23(35)16(11)21(33)17(12)20(14)32/h1,10-11,13,19,32-33,36,39H,7-9H2,2-5H3,(H2,28,37)(H,29,38)/t11-,13-,19-,27-/m0/s1. The lowest BCUT2D eigenvalue weighted by Gasteiger charge is -2.50. The Morgan fingerprint density at radius 3 is 2.42 bits per heavy atom. The zero-order valence-electron chi connectivity index (χ0n) is 22.3. The fourth-order valence-corrected chi connectivity index (χ4v) is 6.04. The molecule has 0 saturated heterocycles. The normalized spacial score (nSPS) is 25.6. The summed E-state index contributed by atoms with van der Waals surface area (Å²) >= 11 is 0. The monoisotopic (exact) mass is 554 g/mol. The lowest BCUT2D eigenvalue weighted by atomic mass is 9.57. The average Bonchev–Trinajstić information content (AvgIpc) is 2.85. The summed E-state index contributed by atoms with van der Waals surface area (Å²) < 4.78 is 4.80. The molecule has 0 radical (unpaired) electrons. The molecule has 0 heterocycles. The third-order valence-electron chi connectivity index (χ3n) is 7.70. The van der Waals surface area contributed by atoms with Crippen molar-refractivity contribution in [1.82, 2.24) is 4.90 Å². The van der Waals surface area contributed by atoms with Gasteiger partial charge in [0.05, 0.1) is 17.3 Å². The zero-order valence-corrected chi connectivity index (χ0v) is 22.3. The van der Waals surface area contributed by atoms with Crippen molar-refractivity contribution in [2.75, 3.05) is 45.0 Å². The van der Waals surface area contributed by atoms with Gasteiger partial charge in [0, 0.05) is 31.3 Å². The highest BCUT2D eigenvalue weighted by atomic mass is 16.5. The molecule has 0 aliphatic heterocycles. The first kappa shape index (κ1) is 28.5. The Balaban J connectivity index is 1.94. The van der Waals surface area contributed by atoms with Gasteiger partial charge in [-0.2, -0.15) is 0 Å². The molecule has 1 fully saturated rings. The number of aromatic hydroxyl groups is 1. The van der Waals surface area contributed by atoms with Crippen molar-refractivity contribution >= 4 is 40.7 Å². The number of benzene rings is 1. The summed E-state index contributed by atoms with van der Waals surface area (Å²) in [5, 5.41) is 47.5. The van der Waals surface area contributed by atoms with Gasteiger partial charge in [0.1, 0.15) is 17.1 Å². The molecule has 13 heteroatoms. The summed E-state index contributed by atoms with van der Waals surface area (Å²) in [6.07, 6.45) is 4.18. The molecule has 40 heavy (non-hydrogen) atoms. The van der Waals surface area contributed by atoms with Crippen LogP contribution in [0.2, 0.25) is 0 Å². The number of ether oxygens (including phenoxy) is 1. The van der Waals surface area contributed by atoms with Crippen LogP contribution in [0, 0.1) is 24.2 Å². The number of anilines is 2. The fourth-order valence-electron chi connectivity index (χ4n) is 6.04. The SMILES string of the molecule is C#CCOC(=O)Nc1cc(N(C)C)c2c(c1O)C(O)=C1C(=O)[C@]3(O)C(O)=C(C(N)=O)C(=O)[C@@H](N(C)C)[C@@H]3C[C@@H]1C2. The van der Waals surface area contributed by atoms with E-state index in [0.29, 0.717) is 11.3 Å². The first-order chi connectivity index (χ1) is 18.7. The Hall–Kier alpha value is -4.54. The van der Waals surface area contributed by atoms with Crippen LogP contribution < -0.4 is 16.0 Å². The summed E-state index contributed by atoms with van der Waals surface area (Å²) in [4.78, 5) is 54.5. The summed E-state index contributed by atoms with van der Waals surface area (Å²) in [7, 11) is 6.45. The number of aliphatic hydroxyl groups excluding tert-OH is 2. The van der Waals surface area contributed by atoms with E-state index in [1.807, 2.05) is 0 Å². The number of ketones is 2. The van der Waals surface area contributed by atoms with Gasteiger partial charge in [-0.25, -0.2) is 4.79 Å². The molecule has 13 nitrogen and oxygen atoms in total. The van der Waals surface area contributed by atoms with Gasteiger partial charge in [0.2, 0.25) is 5.78 Å². The number of hydrogen-bond donors (Lipinski definition) is 6. The maximum absolute atomic E-state index is 14.0. The molecule has 1 saturated carbocycles. The van der Waals surface area contributed by atoms with Crippen molar-refractivity contribution in [2.24, 2.45) is 17.6 Å². The molecular weight excluding hydrogens is 524 g/mol. The third-order valence-corrected chi connectivity index (χ3v) is 7.70. The number of phenols is 1. The van der Waals surface area contributed by atoms with Crippen molar-refractivity contribution < 1.29 is 44.3 Å². The van der Waals surface area contributed by atoms with E-state index in [1.165, 1.54) is 25.1 Å². The number of phenolic OH excluding ortho intramolecular Hbond substituents is 1. The first-order valence-corrected chi connectivity index (χ1v) is 12.3. The Morgan fingerprint density at radius 1 is 1.23 bits per heavy atom. The minimum Gasteiger partial charge on any atom is -0.508 e. The smallest absolute Gasteiger partial charge is 0.412 e. The van der Waals surface area contributed by atoms with Gasteiger partial charge in [-0.05, 0) is 44.5 Å². The van der Waals surface area contributed by atoms with E-state index in [2.05, 4.69) is 11.2 Å². The van der Waals surface area contributed by atoms with E-state index in [0.717, 1.165) is 0 Å². The number of primary amides is 1. The molecule has 3 aliphatic carbocycles. The van der Waals surface area contributed by atoms with Crippen LogP contribution >= 0.6 is 0 Å². The van der Waals surface area contributed by atoms with Crippen LogP contribution in [-0.2, 0) is 25.5 Å². The maximum Gasteiger partial charge on any atom is 0.412 e. The number of rotatable bonds is 5. The number of likely N-dealkylation sites (N-methyl/N-ethyl adjacent to an activating group) is 1. The molecule has 7 N–H and O–H groups in total. The minimum absolute atomic E-state index is 0.0438. The molecule has 1 aromatic rings. The van der Waals surface area contributed by atoms with Gasteiger partial charge in [-0.15, -0.1) is 6.42 Å². The number of carbonyl (C=O) groups is 4. The van der Waals surface area contributed by atoms with Gasteiger partial charge >= 0.3 is 6.09 Å². The third kappa shape index (κ3) is 4.04. The van der Waals surface area contributed by atoms with E-state index < -0.39 is 69.9 Å². The van der Waals surface area contributed by atoms with E-state index in [1.54, 1.807) is 19.0 Å². The molecule has 3 aliphatic rings. The maximum atomic E-state index is 14.0. The van der Waals surface area contributed by atoms with E-state index >= 15 is 0 Å². The molecule has 4 rings (SSSR count). The molecule has 1 aromatic carbocycles. The van der Waals surface area contributed by atoms with Crippen LogP contribution in [0.25, 0.3) is 5.76 Å². The van der Waals surface area contributed by atoms with Crippen LogP contribution in [0.1, 0.15) is 17.5 Å². The van der Waals surface area contributed by atoms with Gasteiger partial charge < -0.3 is 35.8 Å². The quantitative estimate of drug-likeness (QED) is 0.165. The van der Waals surface area contributed by atoms with Crippen molar-refractivity contribution in [1.29, 1.82) is 0 Å². The Bertz CT molecular complexity index is 1450. The number of Topliss-reactive ketones (excluding diaryl/α,β-unsaturated/α-hetero) is 2. The number of nitrogens with two attached hydrogens (primary N) is 1. The Labute approximate surface area is 229 Å². The Kier molecular flexibility index (Phi) is 7.04. The molecule has 0 unspecified atom stereocenters. The number of terminal acetylenes is 1. The summed E-state index contributed by atoms with van der Waals surface area (Å²) in [5.41, 5.74) is 2.00. The van der Waals surface area contributed by atoms with Crippen molar-refractivity contribution in [3.05, 3.63) is 34.1 Å². The van der Waals surface area contributed by atoms with Crippen molar-refractivity contribution in [3.63, 3.8) is 0 Å². The first-order valence-electron chi connectivity index (χ1n) is 12.3. The second kappa shape index (κ2) is 9.89. The van der Waals surface area contributed by atoms with Crippen LogP contribution in [0.5, 0.6) is 5.75 Å². The van der Waals surface area contributed by atoms with Gasteiger partial charge in [0.25, 0.3) is 5.91 Å². The summed E-state index contributed by atoms with van der Waals surface area (Å²) in [5.74, 6) is -5.50. The lowest BCUT2D eigenvalue weighted by molar-refractivity contribution is -0.153. The summed E-state index contributed by atoms with van der Waals surface area (Å²) in [6, 6.07) is 0.283. The minimum atomic E-state index is -2.75. The van der Waals surface area contributed by atoms with E-state index in [4.69, 9.17) is 16.9 Å². The fraction of sp³-hybridized carbons (Fsp3) is 0.407. The molecular formula is C27H30N4O9. The van der Waals surface area contributed by atoms with Crippen LogP contribution in [0.15, 0.2) is 23.0 Å². The number of nitrogens with zero attached hydrogens (tertiary/aromatic N) is 2. The molecule has 0 spiro atoms. The van der Waals surface area contributed by atoms with Crippen LogP contribution in [-0.4, -0.2) is 95.3 Å². The van der Waals surface area contributed by atoms with E-state index in [9.17, 15) is 39.6 Å². The number of hydrogen-bond acceptors (Lipinski definition) is 11. The topological polar surface area (TPSA) is 203 Å². The Morgan fingerprint density at radius 2 is 1.88 bits per heavy atom. The highest BCUT2D eigenvalue weighted by Gasteiger charge is 2.64. The second-order valence-corrected chi connectivity index (χ2v) is 10.4. The number of fused-ring (bicyclic) bond motifs is 3.